The van der Waals surface area contributed by atoms with Crippen LogP contribution in [0.4, 0.5) is 0 Å². The Morgan fingerprint density at radius 2 is 1.23 bits per heavy atom. The number of phosphoric ester groups is 1. The molecule has 0 aliphatic heterocycles. The fraction of sp³-hybridized carbons (Fsp3) is 0.900. The van der Waals surface area contributed by atoms with Crippen LogP contribution in [0.3, 0.4) is 0 Å². The lowest BCUT2D eigenvalue weighted by molar-refractivity contribution is -0.220. The highest BCUT2D eigenvalue weighted by atomic mass is 31.2. The van der Waals surface area contributed by atoms with Gasteiger partial charge in [0.25, 0.3) is 0 Å². The molecule has 0 aromatic rings. The minimum atomic E-state index is -5.05. The van der Waals surface area contributed by atoms with E-state index in [1.54, 1.807) is 6.08 Å². The number of allylic oxidation sites excluding steroid dienone is 1. The van der Waals surface area contributed by atoms with Gasteiger partial charge >= 0.3 is 7.82 Å². The molecule has 8 N–H and O–H groups in total. The van der Waals surface area contributed by atoms with Crippen LogP contribution in [-0.4, -0.2) is 96.8 Å². The van der Waals surface area contributed by atoms with Gasteiger partial charge in [-0.25, -0.2) is 4.57 Å². The SMILES string of the molecule is CCCCCCCCC/C=C/[C@@H](O)[C@H](COP(=O)(O)OC1C(O)C(O)C(O)[C@@H](O)C1O)NC(=O)CCCCCCCCC. The average molecular weight is 640 g/mol. The van der Waals surface area contributed by atoms with E-state index >= 15 is 0 Å². The zero-order valence-corrected chi connectivity index (χ0v) is 26.9. The molecule has 0 heterocycles. The molecule has 0 spiro atoms. The first-order chi connectivity index (χ1) is 20.4. The summed E-state index contributed by atoms with van der Waals surface area (Å²) in [5.74, 6) is -0.353. The van der Waals surface area contributed by atoms with Crippen molar-refractivity contribution in [2.75, 3.05) is 6.61 Å². The van der Waals surface area contributed by atoms with Crippen molar-refractivity contribution in [3.63, 3.8) is 0 Å². The van der Waals surface area contributed by atoms with Gasteiger partial charge in [0.1, 0.15) is 36.6 Å². The molecular formula is C30H58NO11P. The summed E-state index contributed by atoms with van der Waals surface area (Å²) in [4.78, 5) is 22.9. The number of rotatable bonds is 24. The van der Waals surface area contributed by atoms with Crippen molar-refractivity contribution in [2.45, 2.75) is 165 Å². The van der Waals surface area contributed by atoms with E-state index in [2.05, 4.69) is 19.2 Å². The maximum absolute atomic E-state index is 12.7. The highest BCUT2D eigenvalue weighted by molar-refractivity contribution is 7.47. The number of aliphatic hydroxyl groups is 6. The monoisotopic (exact) mass is 639 g/mol. The van der Waals surface area contributed by atoms with Gasteiger partial charge in [0, 0.05) is 6.42 Å². The predicted molar refractivity (Wildman–Crippen MR) is 163 cm³/mol. The van der Waals surface area contributed by atoms with Crippen LogP contribution in [0.5, 0.6) is 0 Å². The lowest BCUT2D eigenvalue weighted by atomic mass is 9.85. The third-order valence-corrected chi connectivity index (χ3v) is 8.80. The van der Waals surface area contributed by atoms with Gasteiger partial charge in [-0.15, -0.1) is 0 Å². The second-order valence-corrected chi connectivity index (χ2v) is 13.1. The van der Waals surface area contributed by atoms with Gasteiger partial charge in [0.15, 0.2) is 0 Å². The second kappa shape index (κ2) is 22.6. The zero-order chi connectivity index (χ0) is 32.3. The first-order valence-corrected chi connectivity index (χ1v) is 17.6. The summed E-state index contributed by atoms with van der Waals surface area (Å²) in [7, 11) is -5.05. The largest absolute Gasteiger partial charge is 0.472 e. The number of hydrogen-bond donors (Lipinski definition) is 8. The van der Waals surface area contributed by atoms with Crippen molar-refractivity contribution in [1.29, 1.82) is 0 Å². The van der Waals surface area contributed by atoms with Crippen LogP contribution in [0.25, 0.3) is 0 Å². The highest BCUT2D eigenvalue weighted by Crippen LogP contribution is 2.47. The van der Waals surface area contributed by atoms with Gasteiger partial charge in [-0.3, -0.25) is 13.8 Å². The molecule has 0 radical (unpaired) electrons. The van der Waals surface area contributed by atoms with E-state index in [0.717, 1.165) is 57.8 Å². The smallest absolute Gasteiger partial charge is 0.387 e. The van der Waals surface area contributed by atoms with Crippen LogP contribution in [0.15, 0.2) is 12.2 Å². The van der Waals surface area contributed by atoms with E-state index in [4.69, 9.17) is 9.05 Å². The minimum Gasteiger partial charge on any atom is -0.387 e. The molecule has 1 aliphatic carbocycles. The number of carbonyl (C=O) groups excluding carboxylic acids is 1. The van der Waals surface area contributed by atoms with E-state index in [-0.39, 0.29) is 12.3 Å². The summed E-state index contributed by atoms with van der Waals surface area (Å²) in [6.45, 7) is 3.67. The second-order valence-electron chi connectivity index (χ2n) is 11.7. The van der Waals surface area contributed by atoms with E-state index in [1.807, 2.05) is 0 Å². The topological polar surface area (TPSA) is 206 Å². The van der Waals surface area contributed by atoms with E-state index in [0.29, 0.717) is 6.42 Å². The van der Waals surface area contributed by atoms with Crippen molar-refractivity contribution in [3.8, 4) is 0 Å². The summed E-state index contributed by atoms with van der Waals surface area (Å²) < 4.78 is 22.5. The summed E-state index contributed by atoms with van der Waals surface area (Å²) >= 11 is 0. The Morgan fingerprint density at radius 1 is 0.767 bits per heavy atom. The van der Waals surface area contributed by atoms with E-state index in [9.17, 15) is 44.9 Å². The summed E-state index contributed by atoms with van der Waals surface area (Å²) in [6.07, 6.45) is 6.41. The van der Waals surface area contributed by atoms with Gasteiger partial charge in [0.05, 0.1) is 18.8 Å². The summed E-state index contributed by atoms with van der Waals surface area (Å²) in [6, 6.07) is -1.11. The molecule has 6 unspecified atom stereocenters. The summed E-state index contributed by atoms with van der Waals surface area (Å²) in [5, 5.41) is 63.1. The van der Waals surface area contributed by atoms with Gasteiger partial charge < -0.3 is 40.8 Å². The molecule has 9 atom stereocenters. The maximum Gasteiger partial charge on any atom is 0.472 e. The lowest BCUT2D eigenvalue weighted by Crippen LogP contribution is -2.64. The van der Waals surface area contributed by atoms with Crippen LogP contribution in [0.1, 0.15) is 117 Å². The molecule has 1 fully saturated rings. The molecule has 0 aromatic carbocycles. The standard InChI is InChI=1S/C30H58NO11P/c1-3-5-7-9-11-12-14-15-17-19-23(32)22(31-24(33)20-18-16-13-10-8-6-4-2)21-41-43(39,40)42-30-28(37)26(35)25(34)27(36)29(30)38/h17,19,22-23,25-30,32,34-38H,3-16,18,20-21H2,1-2H3,(H,31,33)(H,39,40)/b19-17+/t22-,23+,25?,26+,27?,28?,29?,30?/m0/s1. The summed E-state index contributed by atoms with van der Waals surface area (Å²) in [5.41, 5.74) is 0. The average Bonchev–Trinajstić information content (AvgIpc) is 2.98. The van der Waals surface area contributed by atoms with Crippen LogP contribution in [0, 0.1) is 0 Å². The quantitative estimate of drug-likeness (QED) is 0.0438. The highest BCUT2D eigenvalue weighted by Gasteiger charge is 2.51. The number of carbonyl (C=O) groups is 1. The number of hydrogen-bond acceptors (Lipinski definition) is 10. The minimum absolute atomic E-state index is 0.213. The molecule has 1 aliphatic rings. The molecule has 1 rings (SSSR count). The normalized spacial score (nSPS) is 27.2. The lowest BCUT2D eigenvalue weighted by Gasteiger charge is -2.41. The number of aliphatic hydroxyl groups excluding tert-OH is 6. The Labute approximate surface area is 257 Å². The van der Waals surface area contributed by atoms with Gasteiger partial charge in [0.2, 0.25) is 5.91 Å². The fourth-order valence-electron chi connectivity index (χ4n) is 5.02. The maximum atomic E-state index is 12.7. The van der Waals surface area contributed by atoms with Crippen molar-refractivity contribution in [1.82, 2.24) is 5.32 Å². The van der Waals surface area contributed by atoms with Crippen LogP contribution in [-0.2, 0) is 18.4 Å². The van der Waals surface area contributed by atoms with Gasteiger partial charge in [-0.1, -0.05) is 103 Å². The van der Waals surface area contributed by atoms with Crippen LogP contribution >= 0.6 is 7.82 Å². The number of phosphoric acid groups is 1. The molecule has 254 valence electrons. The van der Waals surface area contributed by atoms with Gasteiger partial charge in [-0.2, -0.15) is 0 Å². The van der Waals surface area contributed by atoms with Crippen molar-refractivity contribution < 1.29 is 53.9 Å². The molecule has 0 bridgehead atoms. The Kier molecular flexibility index (Phi) is 21.0. The fourth-order valence-corrected chi connectivity index (χ4v) is 5.98. The predicted octanol–water partition coefficient (Wildman–Crippen LogP) is 2.99. The Bertz CT molecular complexity index is 801. The third-order valence-electron chi connectivity index (χ3n) is 7.82. The molecule has 0 aromatic heterocycles. The molecule has 1 amide bonds. The van der Waals surface area contributed by atoms with E-state index < -0.39 is 63.2 Å². The number of nitrogens with one attached hydrogen (secondary N) is 1. The molecule has 12 nitrogen and oxygen atoms in total. The van der Waals surface area contributed by atoms with E-state index in [1.165, 1.54) is 38.2 Å². The van der Waals surface area contributed by atoms with Crippen molar-refractivity contribution >= 4 is 13.7 Å². The number of amides is 1. The Hall–Kier alpha value is -0.920. The van der Waals surface area contributed by atoms with Crippen LogP contribution in [0.2, 0.25) is 0 Å². The molecule has 13 heteroatoms. The van der Waals surface area contributed by atoms with Crippen LogP contribution < -0.4 is 5.32 Å². The molecular weight excluding hydrogens is 581 g/mol. The first kappa shape index (κ1) is 40.1. The zero-order valence-electron chi connectivity index (χ0n) is 26.0. The van der Waals surface area contributed by atoms with Crippen molar-refractivity contribution in [2.24, 2.45) is 0 Å². The first-order valence-electron chi connectivity index (χ1n) is 16.1. The van der Waals surface area contributed by atoms with Crippen molar-refractivity contribution in [3.05, 3.63) is 12.2 Å². The third kappa shape index (κ3) is 16.3. The number of unbranched alkanes of at least 4 members (excludes halogenated alkanes) is 13. The van der Waals surface area contributed by atoms with Gasteiger partial charge in [-0.05, 0) is 19.3 Å². The molecule has 0 saturated heterocycles. The molecule has 1 saturated carbocycles. The Balaban J connectivity index is 2.72. The molecule has 43 heavy (non-hydrogen) atoms. The Morgan fingerprint density at radius 3 is 1.77 bits per heavy atom.